The Morgan fingerprint density at radius 1 is 0.897 bits per heavy atom. The minimum absolute atomic E-state index is 0.181. The molecule has 0 aromatic heterocycles. The lowest BCUT2D eigenvalue weighted by atomic mass is 10.1. The molecule has 0 saturated carbocycles. The van der Waals surface area contributed by atoms with Gasteiger partial charge in [0, 0.05) is 22.9 Å². The number of nitrogens with one attached hydrogen (secondary N) is 1. The number of hydrogen-bond donors (Lipinski definition) is 1. The van der Waals surface area contributed by atoms with Crippen LogP contribution in [0.15, 0.2) is 66.7 Å². The zero-order chi connectivity index (χ0) is 20.6. The first-order chi connectivity index (χ1) is 14.1. The Kier molecular flexibility index (Phi) is 6.74. The van der Waals surface area contributed by atoms with Gasteiger partial charge in [0.25, 0.3) is 5.91 Å². The van der Waals surface area contributed by atoms with E-state index in [2.05, 4.69) is 12.2 Å². The zero-order valence-corrected chi connectivity index (χ0v) is 16.9. The van der Waals surface area contributed by atoms with Crippen LogP contribution in [0.1, 0.15) is 28.4 Å². The summed E-state index contributed by atoms with van der Waals surface area (Å²) in [4.78, 5) is 12.7. The highest BCUT2D eigenvalue weighted by Gasteiger charge is 2.12. The van der Waals surface area contributed by atoms with Crippen LogP contribution < -0.4 is 19.5 Å². The summed E-state index contributed by atoms with van der Waals surface area (Å²) in [7, 11) is 3.21. The predicted molar refractivity (Wildman–Crippen MR) is 114 cm³/mol. The van der Waals surface area contributed by atoms with Gasteiger partial charge in [0.15, 0.2) is 0 Å². The third-order valence-electron chi connectivity index (χ3n) is 4.60. The number of anilines is 1. The zero-order valence-electron chi connectivity index (χ0n) is 16.9. The van der Waals surface area contributed by atoms with Crippen LogP contribution in [0.3, 0.4) is 0 Å². The van der Waals surface area contributed by atoms with E-state index in [9.17, 15) is 4.79 Å². The van der Waals surface area contributed by atoms with Crippen LogP contribution >= 0.6 is 0 Å². The van der Waals surface area contributed by atoms with Crippen LogP contribution in [0.2, 0.25) is 0 Å². The van der Waals surface area contributed by atoms with Crippen molar-refractivity contribution in [3.63, 3.8) is 0 Å². The highest BCUT2D eigenvalue weighted by Crippen LogP contribution is 2.25. The molecule has 3 aromatic carbocycles. The summed E-state index contributed by atoms with van der Waals surface area (Å²) in [6, 6.07) is 20.5. The van der Waals surface area contributed by atoms with E-state index in [1.807, 2.05) is 48.5 Å². The number of ether oxygens (including phenoxy) is 3. The summed E-state index contributed by atoms with van der Waals surface area (Å²) in [6.07, 6.45) is 0.962. The Hall–Kier alpha value is -3.47. The number of methoxy groups -OCH3 is 2. The Bertz CT molecular complexity index is 967. The SMILES string of the molecule is CCc1ccc(NC(=O)c2ccc(OC)c(COc3cccc(OC)c3)c2)cc1. The van der Waals surface area contributed by atoms with E-state index in [0.29, 0.717) is 17.1 Å². The standard InChI is InChI=1S/C24H25NO4/c1-4-17-8-11-20(12-9-17)25-24(26)18-10-13-23(28-3)19(14-18)16-29-22-7-5-6-21(15-22)27-2/h5-15H,4,16H2,1-3H3,(H,25,26). The Labute approximate surface area is 171 Å². The second-order valence-corrected chi connectivity index (χ2v) is 6.50. The molecule has 1 N–H and O–H groups in total. The fourth-order valence-corrected chi connectivity index (χ4v) is 2.91. The maximum atomic E-state index is 12.7. The average Bonchev–Trinajstić information content (AvgIpc) is 2.78. The van der Waals surface area contributed by atoms with Gasteiger partial charge >= 0.3 is 0 Å². The monoisotopic (exact) mass is 391 g/mol. The van der Waals surface area contributed by atoms with E-state index in [1.165, 1.54) is 5.56 Å². The fourth-order valence-electron chi connectivity index (χ4n) is 2.91. The van der Waals surface area contributed by atoms with Crippen molar-refractivity contribution in [2.24, 2.45) is 0 Å². The Balaban J connectivity index is 1.73. The van der Waals surface area contributed by atoms with Crippen LogP contribution in [0, 0.1) is 0 Å². The molecule has 0 heterocycles. The molecule has 0 aliphatic heterocycles. The van der Waals surface area contributed by atoms with Gasteiger partial charge in [-0.25, -0.2) is 0 Å². The van der Waals surface area contributed by atoms with Crippen LogP contribution in [0.25, 0.3) is 0 Å². The maximum absolute atomic E-state index is 12.7. The van der Waals surface area contributed by atoms with E-state index >= 15 is 0 Å². The highest BCUT2D eigenvalue weighted by atomic mass is 16.5. The van der Waals surface area contributed by atoms with Crippen LogP contribution in [-0.2, 0) is 13.0 Å². The van der Waals surface area contributed by atoms with Gasteiger partial charge in [0.05, 0.1) is 14.2 Å². The molecule has 150 valence electrons. The van der Waals surface area contributed by atoms with Crippen LogP contribution in [0.5, 0.6) is 17.2 Å². The highest BCUT2D eigenvalue weighted by molar-refractivity contribution is 6.04. The van der Waals surface area contributed by atoms with Gasteiger partial charge in [0.2, 0.25) is 0 Å². The normalized spacial score (nSPS) is 10.3. The number of amides is 1. The minimum atomic E-state index is -0.181. The predicted octanol–water partition coefficient (Wildman–Crippen LogP) is 5.10. The second kappa shape index (κ2) is 9.64. The number of carbonyl (C=O) groups excluding carboxylic acids is 1. The summed E-state index contributed by atoms with van der Waals surface area (Å²) < 4.78 is 16.5. The molecule has 1 amide bonds. The smallest absolute Gasteiger partial charge is 0.255 e. The maximum Gasteiger partial charge on any atom is 0.255 e. The first kappa shape index (κ1) is 20.3. The molecule has 0 aliphatic rings. The van der Waals surface area contributed by atoms with Crippen LogP contribution in [0.4, 0.5) is 5.69 Å². The largest absolute Gasteiger partial charge is 0.497 e. The molecule has 0 unspecified atom stereocenters. The van der Waals surface area contributed by atoms with E-state index in [1.54, 1.807) is 32.4 Å². The third-order valence-corrected chi connectivity index (χ3v) is 4.60. The van der Waals surface area contributed by atoms with Gasteiger partial charge in [-0.1, -0.05) is 25.1 Å². The molecule has 0 radical (unpaired) electrons. The molecule has 3 rings (SSSR count). The van der Waals surface area contributed by atoms with Gasteiger partial charge in [0.1, 0.15) is 23.9 Å². The molecule has 3 aromatic rings. The fraction of sp³-hybridized carbons (Fsp3) is 0.208. The van der Waals surface area contributed by atoms with E-state index in [4.69, 9.17) is 14.2 Å². The van der Waals surface area contributed by atoms with Crippen molar-refractivity contribution >= 4 is 11.6 Å². The molecule has 5 heteroatoms. The Morgan fingerprint density at radius 2 is 1.66 bits per heavy atom. The summed E-state index contributed by atoms with van der Waals surface area (Å²) in [5.41, 5.74) is 3.31. The summed E-state index contributed by atoms with van der Waals surface area (Å²) in [6.45, 7) is 2.36. The van der Waals surface area contributed by atoms with Gasteiger partial charge in [-0.2, -0.15) is 0 Å². The van der Waals surface area contributed by atoms with Crippen molar-refractivity contribution in [3.05, 3.63) is 83.4 Å². The molecular weight excluding hydrogens is 366 g/mol. The molecule has 0 aliphatic carbocycles. The molecule has 5 nitrogen and oxygen atoms in total. The molecule has 0 saturated heterocycles. The van der Waals surface area contributed by atoms with Crippen molar-refractivity contribution in [3.8, 4) is 17.2 Å². The molecule has 0 bridgehead atoms. The number of rotatable bonds is 8. The molecular formula is C24H25NO4. The second-order valence-electron chi connectivity index (χ2n) is 6.50. The number of hydrogen-bond acceptors (Lipinski definition) is 4. The van der Waals surface area contributed by atoms with Crippen LogP contribution in [-0.4, -0.2) is 20.1 Å². The topological polar surface area (TPSA) is 56.8 Å². The Morgan fingerprint density at radius 3 is 2.34 bits per heavy atom. The van der Waals surface area contributed by atoms with Crippen molar-refractivity contribution in [1.82, 2.24) is 0 Å². The molecule has 0 atom stereocenters. The van der Waals surface area contributed by atoms with Gasteiger partial charge in [-0.05, 0) is 54.4 Å². The quantitative estimate of drug-likeness (QED) is 0.581. The van der Waals surface area contributed by atoms with Gasteiger partial charge in [-0.3, -0.25) is 4.79 Å². The lowest BCUT2D eigenvalue weighted by Gasteiger charge is -2.13. The first-order valence-corrected chi connectivity index (χ1v) is 9.47. The summed E-state index contributed by atoms with van der Waals surface area (Å²) in [5, 5.41) is 2.93. The summed E-state index contributed by atoms with van der Waals surface area (Å²) in [5.74, 6) is 1.88. The number of carbonyl (C=O) groups is 1. The van der Waals surface area contributed by atoms with E-state index in [0.717, 1.165) is 23.4 Å². The first-order valence-electron chi connectivity index (χ1n) is 9.47. The van der Waals surface area contributed by atoms with Crippen molar-refractivity contribution < 1.29 is 19.0 Å². The van der Waals surface area contributed by atoms with Crippen molar-refractivity contribution in [2.45, 2.75) is 20.0 Å². The number of benzene rings is 3. The van der Waals surface area contributed by atoms with E-state index < -0.39 is 0 Å². The third kappa shape index (κ3) is 5.29. The average molecular weight is 391 g/mol. The van der Waals surface area contributed by atoms with Crippen molar-refractivity contribution in [2.75, 3.05) is 19.5 Å². The minimum Gasteiger partial charge on any atom is -0.497 e. The summed E-state index contributed by atoms with van der Waals surface area (Å²) >= 11 is 0. The lowest BCUT2D eigenvalue weighted by Crippen LogP contribution is -2.13. The van der Waals surface area contributed by atoms with Crippen molar-refractivity contribution in [1.29, 1.82) is 0 Å². The van der Waals surface area contributed by atoms with Gasteiger partial charge < -0.3 is 19.5 Å². The number of aryl methyl sites for hydroxylation is 1. The lowest BCUT2D eigenvalue weighted by molar-refractivity contribution is 0.102. The molecule has 0 fully saturated rings. The molecule has 0 spiro atoms. The van der Waals surface area contributed by atoms with E-state index in [-0.39, 0.29) is 12.5 Å². The molecule has 29 heavy (non-hydrogen) atoms. The van der Waals surface area contributed by atoms with Gasteiger partial charge in [-0.15, -0.1) is 0 Å².